The first kappa shape index (κ1) is 9.63. The molecule has 0 saturated carbocycles. The molecule has 1 rings (SSSR count). The minimum absolute atomic E-state index is 0.166. The van der Waals surface area contributed by atoms with Crippen LogP contribution in [0.4, 0.5) is 4.79 Å². The van der Waals surface area contributed by atoms with E-state index in [4.69, 9.17) is 9.84 Å². The van der Waals surface area contributed by atoms with Crippen LogP contribution < -0.4 is 0 Å². The molecule has 0 radical (unpaired) electrons. The molecule has 74 valence electrons. The lowest BCUT2D eigenvalue weighted by molar-refractivity contribution is -0.0407. The molecule has 1 amide bonds. The second-order valence-electron chi connectivity index (χ2n) is 3.15. The standard InChI is InChI=1S/C7H13N3O3/c1-6(2)3-9(7(11)12)10-5-13-4-8-10/h4,6H,3,5H2,1-2H3,(H,11,12). The van der Waals surface area contributed by atoms with Crippen LogP contribution in [0.25, 0.3) is 0 Å². The Bertz CT molecular complexity index is 217. The Morgan fingerprint density at radius 1 is 1.85 bits per heavy atom. The highest BCUT2D eigenvalue weighted by Crippen LogP contribution is 2.07. The van der Waals surface area contributed by atoms with Gasteiger partial charge in [-0.05, 0) is 5.92 Å². The Kier molecular flexibility index (Phi) is 2.94. The third kappa shape index (κ3) is 2.50. The van der Waals surface area contributed by atoms with Crippen molar-refractivity contribution in [3.8, 4) is 0 Å². The minimum atomic E-state index is -1.02. The Morgan fingerprint density at radius 2 is 2.54 bits per heavy atom. The quantitative estimate of drug-likeness (QED) is 0.708. The van der Waals surface area contributed by atoms with Crippen molar-refractivity contribution in [3.05, 3.63) is 0 Å². The molecule has 0 spiro atoms. The highest BCUT2D eigenvalue weighted by molar-refractivity contribution is 5.64. The summed E-state index contributed by atoms with van der Waals surface area (Å²) in [6, 6.07) is 0. The molecule has 1 aliphatic heterocycles. The predicted molar refractivity (Wildman–Crippen MR) is 45.9 cm³/mol. The molecule has 6 nitrogen and oxygen atoms in total. The number of nitrogens with zero attached hydrogens (tertiary/aromatic N) is 3. The van der Waals surface area contributed by atoms with E-state index in [0.29, 0.717) is 6.54 Å². The van der Waals surface area contributed by atoms with E-state index in [1.165, 1.54) is 11.5 Å². The van der Waals surface area contributed by atoms with Crippen molar-refractivity contribution >= 4 is 12.5 Å². The summed E-state index contributed by atoms with van der Waals surface area (Å²) in [7, 11) is 0. The van der Waals surface area contributed by atoms with Gasteiger partial charge >= 0.3 is 6.09 Å². The van der Waals surface area contributed by atoms with Crippen molar-refractivity contribution < 1.29 is 14.6 Å². The maximum absolute atomic E-state index is 10.8. The number of hydrogen-bond acceptors (Lipinski definition) is 4. The highest BCUT2D eigenvalue weighted by atomic mass is 16.5. The summed E-state index contributed by atoms with van der Waals surface area (Å²) < 4.78 is 4.80. The molecule has 1 N–H and O–H groups in total. The number of rotatable bonds is 3. The van der Waals surface area contributed by atoms with Crippen molar-refractivity contribution in [1.82, 2.24) is 10.1 Å². The van der Waals surface area contributed by atoms with E-state index in [0.717, 1.165) is 5.01 Å². The van der Waals surface area contributed by atoms with Gasteiger partial charge in [0.25, 0.3) is 0 Å². The second kappa shape index (κ2) is 3.97. The normalized spacial score (nSPS) is 14.8. The Labute approximate surface area is 76.3 Å². The lowest BCUT2D eigenvalue weighted by Gasteiger charge is -2.26. The molecule has 1 aliphatic rings. The molecule has 0 atom stereocenters. The molecule has 13 heavy (non-hydrogen) atoms. The molecule has 0 saturated heterocycles. The Hall–Kier alpha value is -1.46. The fraction of sp³-hybridized carbons (Fsp3) is 0.714. The zero-order valence-electron chi connectivity index (χ0n) is 7.67. The van der Waals surface area contributed by atoms with Crippen LogP contribution in [0, 0.1) is 5.92 Å². The molecular formula is C7H13N3O3. The number of amides is 1. The van der Waals surface area contributed by atoms with Gasteiger partial charge in [0.15, 0.2) is 13.1 Å². The first-order chi connectivity index (χ1) is 6.11. The highest BCUT2D eigenvalue weighted by Gasteiger charge is 2.22. The average molecular weight is 187 g/mol. The topological polar surface area (TPSA) is 65.4 Å². The molecule has 1 heterocycles. The number of hydrazone groups is 1. The van der Waals surface area contributed by atoms with Crippen molar-refractivity contribution in [2.24, 2.45) is 11.0 Å². The Morgan fingerprint density at radius 3 is 2.92 bits per heavy atom. The largest absolute Gasteiger partial charge is 0.464 e. The summed E-state index contributed by atoms with van der Waals surface area (Å²) in [4.78, 5) is 10.8. The van der Waals surface area contributed by atoms with Crippen LogP contribution in [-0.2, 0) is 4.74 Å². The third-order valence-electron chi connectivity index (χ3n) is 1.48. The predicted octanol–water partition coefficient (Wildman–Crippen LogP) is 0.770. The van der Waals surface area contributed by atoms with E-state index in [-0.39, 0.29) is 12.6 Å². The van der Waals surface area contributed by atoms with Crippen molar-refractivity contribution in [2.45, 2.75) is 13.8 Å². The first-order valence-electron chi connectivity index (χ1n) is 4.03. The van der Waals surface area contributed by atoms with Gasteiger partial charge in [0.2, 0.25) is 0 Å². The van der Waals surface area contributed by atoms with E-state index in [1.54, 1.807) is 0 Å². The molecule has 0 aromatic heterocycles. The van der Waals surface area contributed by atoms with Crippen molar-refractivity contribution in [3.63, 3.8) is 0 Å². The number of carboxylic acid groups (broad SMARTS) is 1. The molecule has 0 aromatic carbocycles. The van der Waals surface area contributed by atoms with Crippen LogP contribution in [-0.4, -0.2) is 41.0 Å². The van der Waals surface area contributed by atoms with E-state index < -0.39 is 6.09 Å². The van der Waals surface area contributed by atoms with Gasteiger partial charge in [-0.2, -0.15) is 10.1 Å². The summed E-state index contributed by atoms with van der Waals surface area (Å²) in [5, 5.41) is 15.0. The fourth-order valence-corrected chi connectivity index (χ4v) is 0.970. The molecule has 6 heteroatoms. The summed E-state index contributed by atoms with van der Waals surface area (Å²) in [6.45, 7) is 4.46. The van der Waals surface area contributed by atoms with Gasteiger partial charge in [0.05, 0.1) is 6.54 Å². The SMILES string of the molecule is CC(C)CN(C(=O)O)N1COC=N1. The molecular weight excluding hydrogens is 174 g/mol. The smallest absolute Gasteiger partial charge is 0.427 e. The monoisotopic (exact) mass is 187 g/mol. The van der Waals surface area contributed by atoms with Gasteiger partial charge in [0, 0.05) is 0 Å². The maximum atomic E-state index is 10.8. The lowest BCUT2D eigenvalue weighted by atomic mass is 10.2. The summed E-state index contributed by atoms with van der Waals surface area (Å²) in [6.07, 6.45) is 0.215. The molecule has 0 bridgehead atoms. The van der Waals surface area contributed by atoms with Crippen LogP contribution in [0.2, 0.25) is 0 Å². The van der Waals surface area contributed by atoms with Crippen LogP contribution >= 0.6 is 0 Å². The maximum Gasteiger partial charge on any atom is 0.427 e. The van der Waals surface area contributed by atoms with Crippen molar-refractivity contribution in [2.75, 3.05) is 13.3 Å². The zero-order chi connectivity index (χ0) is 9.84. The van der Waals surface area contributed by atoms with E-state index in [2.05, 4.69) is 5.10 Å². The van der Waals surface area contributed by atoms with E-state index in [1.807, 2.05) is 13.8 Å². The number of carbonyl (C=O) groups is 1. The number of hydrogen-bond donors (Lipinski definition) is 1. The van der Waals surface area contributed by atoms with Gasteiger partial charge in [-0.3, -0.25) is 0 Å². The van der Waals surface area contributed by atoms with Gasteiger partial charge < -0.3 is 9.84 Å². The van der Waals surface area contributed by atoms with Crippen LogP contribution in [0.3, 0.4) is 0 Å². The molecule has 0 aliphatic carbocycles. The van der Waals surface area contributed by atoms with Crippen molar-refractivity contribution in [1.29, 1.82) is 0 Å². The number of hydrazine groups is 1. The third-order valence-corrected chi connectivity index (χ3v) is 1.48. The first-order valence-corrected chi connectivity index (χ1v) is 4.03. The molecule has 0 unspecified atom stereocenters. The molecule has 0 fully saturated rings. The Balaban J connectivity index is 2.56. The van der Waals surface area contributed by atoms with Gasteiger partial charge in [-0.25, -0.2) is 4.79 Å². The fourth-order valence-electron chi connectivity index (χ4n) is 0.970. The van der Waals surface area contributed by atoms with Crippen LogP contribution in [0.5, 0.6) is 0 Å². The summed E-state index contributed by atoms with van der Waals surface area (Å²) in [5.74, 6) is 0.256. The second-order valence-corrected chi connectivity index (χ2v) is 3.15. The summed E-state index contributed by atoms with van der Waals surface area (Å²) >= 11 is 0. The van der Waals surface area contributed by atoms with Crippen LogP contribution in [0.15, 0.2) is 5.10 Å². The number of ether oxygens (including phenoxy) is 1. The summed E-state index contributed by atoms with van der Waals surface area (Å²) in [5.41, 5.74) is 0. The zero-order valence-corrected chi connectivity index (χ0v) is 7.67. The van der Waals surface area contributed by atoms with E-state index >= 15 is 0 Å². The van der Waals surface area contributed by atoms with E-state index in [9.17, 15) is 4.79 Å². The van der Waals surface area contributed by atoms with Crippen LogP contribution in [0.1, 0.15) is 13.8 Å². The minimum Gasteiger partial charge on any atom is -0.464 e. The average Bonchev–Trinajstić information content (AvgIpc) is 2.50. The van der Waals surface area contributed by atoms with Gasteiger partial charge in [0.1, 0.15) is 0 Å². The van der Waals surface area contributed by atoms with Gasteiger partial charge in [-0.15, -0.1) is 5.10 Å². The van der Waals surface area contributed by atoms with Gasteiger partial charge in [-0.1, -0.05) is 13.8 Å². The molecule has 0 aromatic rings. The lowest BCUT2D eigenvalue weighted by Crippen LogP contribution is -2.43.